The Kier molecular flexibility index (Phi) is 6.41. The summed E-state index contributed by atoms with van der Waals surface area (Å²) in [5, 5.41) is 0. The van der Waals surface area contributed by atoms with Gasteiger partial charge in [-0.2, -0.15) is 8.78 Å². The third kappa shape index (κ3) is 4.82. The third-order valence-corrected chi connectivity index (χ3v) is 6.16. The molecule has 1 aromatic carbocycles. The fourth-order valence-electron chi connectivity index (χ4n) is 3.49. The molecule has 1 atom stereocenters. The number of para-hydroxylation sites is 1. The minimum Gasteiger partial charge on any atom is -0.434 e. The molecule has 2 aliphatic heterocycles. The molecule has 2 heterocycles. The normalized spacial score (nSPS) is 21.4. The van der Waals surface area contributed by atoms with E-state index in [0.717, 1.165) is 0 Å². The Labute approximate surface area is 158 Å². The van der Waals surface area contributed by atoms with Gasteiger partial charge in [0.2, 0.25) is 5.91 Å². The van der Waals surface area contributed by atoms with Crippen LogP contribution in [0.5, 0.6) is 5.75 Å². The van der Waals surface area contributed by atoms with Gasteiger partial charge in [-0.15, -0.1) is 0 Å². The van der Waals surface area contributed by atoms with Gasteiger partial charge in [0.05, 0.1) is 11.5 Å². The predicted octanol–water partition coefficient (Wildman–Crippen LogP) is 1.73. The number of halogens is 2. The molecule has 6 nitrogen and oxygen atoms in total. The predicted molar refractivity (Wildman–Crippen MR) is 96.2 cm³/mol. The molecule has 0 N–H and O–H groups in total. The number of nitrogens with zero attached hydrogens (tertiary/aromatic N) is 2. The van der Waals surface area contributed by atoms with Crippen molar-refractivity contribution in [1.82, 2.24) is 9.80 Å². The number of piperidine rings is 1. The maximum atomic E-state index is 12.8. The molecule has 9 heteroatoms. The van der Waals surface area contributed by atoms with Gasteiger partial charge < -0.3 is 14.5 Å². The van der Waals surface area contributed by atoms with Crippen molar-refractivity contribution in [2.45, 2.75) is 19.5 Å². The molecule has 2 amide bonds. The molecular weight excluding hydrogens is 378 g/mol. The van der Waals surface area contributed by atoms with Crippen LogP contribution in [0.4, 0.5) is 8.78 Å². The summed E-state index contributed by atoms with van der Waals surface area (Å²) >= 11 is 0. The number of hydrogen-bond acceptors (Lipinski definition) is 4. The van der Waals surface area contributed by atoms with Gasteiger partial charge in [-0.25, -0.2) is 0 Å². The lowest BCUT2D eigenvalue weighted by Crippen LogP contribution is -2.50. The smallest absolute Gasteiger partial charge is 0.387 e. The first kappa shape index (κ1) is 19.7. The largest absolute Gasteiger partial charge is 0.434 e. The van der Waals surface area contributed by atoms with Gasteiger partial charge in [0, 0.05) is 48.5 Å². The molecule has 0 bridgehead atoms. The standard InChI is InChI=1S/C18H22F2N2O4S/c19-18(20)26-15-6-2-1-5-14(15)17(24)22-7-3-4-13(12-22)16(23)21-8-10-27(25)11-9-21/h1-2,5-6,13,18H,3-4,7-12H2. The van der Waals surface area contributed by atoms with E-state index in [4.69, 9.17) is 0 Å². The van der Waals surface area contributed by atoms with Gasteiger partial charge in [0.25, 0.3) is 5.91 Å². The number of hydrogen-bond donors (Lipinski definition) is 0. The van der Waals surface area contributed by atoms with E-state index < -0.39 is 23.3 Å². The van der Waals surface area contributed by atoms with Gasteiger partial charge in [-0.05, 0) is 25.0 Å². The van der Waals surface area contributed by atoms with Crippen LogP contribution in [0.3, 0.4) is 0 Å². The van der Waals surface area contributed by atoms with Crippen LogP contribution >= 0.6 is 0 Å². The molecule has 2 aliphatic rings. The van der Waals surface area contributed by atoms with Crippen molar-refractivity contribution < 1.29 is 27.3 Å². The Balaban J connectivity index is 1.68. The van der Waals surface area contributed by atoms with E-state index in [-0.39, 0.29) is 29.7 Å². The highest BCUT2D eigenvalue weighted by molar-refractivity contribution is 7.85. The zero-order chi connectivity index (χ0) is 19.4. The summed E-state index contributed by atoms with van der Waals surface area (Å²) in [6.07, 6.45) is 1.34. The zero-order valence-electron chi connectivity index (χ0n) is 14.8. The van der Waals surface area contributed by atoms with E-state index in [1.807, 2.05) is 0 Å². The molecule has 2 saturated heterocycles. The Hall–Kier alpha value is -2.03. The van der Waals surface area contributed by atoms with Gasteiger partial charge in [-0.1, -0.05) is 12.1 Å². The topological polar surface area (TPSA) is 66.9 Å². The average Bonchev–Trinajstić information content (AvgIpc) is 2.67. The average molecular weight is 400 g/mol. The number of amides is 2. The Morgan fingerprint density at radius 1 is 1.11 bits per heavy atom. The SMILES string of the molecule is O=C(c1ccccc1OC(F)F)N1CCCC(C(=O)N2CCS(=O)CC2)C1. The molecule has 0 spiro atoms. The molecule has 148 valence electrons. The van der Waals surface area contributed by atoms with Crippen LogP contribution in [-0.2, 0) is 15.6 Å². The van der Waals surface area contributed by atoms with Crippen molar-refractivity contribution in [2.24, 2.45) is 5.92 Å². The summed E-state index contributed by atoms with van der Waals surface area (Å²) in [6.45, 7) is -1.35. The first-order chi connectivity index (χ1) is 13.0. The second-order valence-electron chi connectivity index (χ2n) is 6.64. The van der Waals surface area contributed by atoms with Crippen LogP contribution in [0.25, 0.3) is 0 Å². The lowest BCUT2D eigenvalue weighted by molar-refractivity contribution is -0.136. The number of ether oxygens (including phenoxy) is 1. The number of benzene rings is 1. The molecule has 0 aromatic heterocycles. The third-order valence-electron chi connectivity index (χ3n) is 4.88. The van der Waals surface area contributed by atoms with Crippen molar-refractivity contribution in [2.75, 3.05) is 37.7 Å². The lowest BCUT2D eigenvalue weighted by atomic mass is 9.95. The van der Waals surface area contributed by atoms with Gasteiger partial charge in [0.1, 0.15) is 5.75 Å². The maximum absolute atomic E-state index is 12.8. The molecule has 1 aromatic rings. The monoisotopic (exact) mass is 400 g/mol. The van der Waals surface area contributed by atoms with Crippen LogP contribution < -0.4 is 4.74 Å². The van der Waals surface area contributed by atoms with Crippen molar-refractivity contribution in [3.8, 4) is 5.75 Å². The molecule has 0 saturated carbocycles. The van der Waals surface area contributed by atoms with Gasteiger partial charge in [-0.3, -0.25) is 13.8 Å². The zero-order valence-corrected chi connectivity index (χ0v) is 15.6. The minimum atomic E-state index is -3.01. The van der Waals surface area contributed by atoms with Crippen molar-refractivity contribution >= 4 is 22.6 Å². The molecule has 27 heavy (non-hydrogen) atoms. The fourth-order valence-corrected chi connectivity index (χ4v) is 4.54. The summed E-state index contributed by atoms with van der Waals surface area (Å²) in [5.74, 6) is 0.0468. The second kappa shape index (κ2) is 8.77. The number of likely N-dealkylation sites (tertiary alicyclic amines) is 1. The summed E-state index contributed by atoms with van der Waals surface area (Å²) in [7, 11) is -0.863. The molecule has 0 radical (unpaired) electrons. The number of carbonyl (C=O) groups is 2. The summed E-state index contributed by atoms with van der Waals surface area (Å²) in [4.78, 5) is 28.8. The molecule has 3 rings (SSSR count). The highest BCUT2D eigenvalue weighted by Crippen LogP contribution is 2.26. The van der Waals surface area contributed by atoms with E-state index >= 15 is 0 Å². The van der Waals surface area contributed by atoms with Crippen molar-refractivity contribution in [3.05, 3.63) is 29.8 Å². The molecule has 0 aliphatic carbocycles. The fraction of sp³-hybridized carbons (Fsp3) is 0.556. The summed E-state index contributed by atoms with van der Waals surface area (Å²) < 4.78 is 41.1. The van der Waals surface area contributed by atoms with E-state index in [1.165, 1.54) is 23.1 Å². The van der Waals surface area contributed by atoms with E-state index in [2.05, 4.69) is 4.74 Å². The van der Waals surface area contributed by atoms with Crippen LogP contribution in [-0.4, -0.2) is 70.1 Å². The summed E-state index contributed by atoms with van der Waals surface area (Å²) in [5.41, 5.74) is 0.0688. The summed E-state index contributed by atoms with van der Waals surface area (Å²) in [6, 6.07) is 5.90. The number of carbonyl (C=O) groups excluding carboxylic acids is 2. The highest BCUT2D eigenvalue weighted by Gasteiger charge is 2.33. The van der Waals surface area contributed by atoms with Crippen molar-refractivity contribution in [1.29, 1.82) is 0 Å². The van der Waals surface area contributed by atoms with E-state index in [1.54, 1.807) is 11.0 Å². The Bertz CT molecular complexity index is 721. The second-order valence-corrected chi connectivity index (χ2v) is 8.33. The lowest BCUT2D eigenvalue weighted by Gasteiger charge is -2.36. The van der Waals surface area contributed by atoms with E-state index in [0.29, 0.717) is 44.0 Å². The van der Waals surface area contributed by atoms with Gasteiger partial charge >= 0.3 is 6.61 Å². The van der Waals surface area contributed by atoms with E-state index in [9.17, 15) is 22.6 Å². The minimum absolute atomic E-state index is 0.0266. The van der Waals surface area contributed by atoms with Crippen LogP contribution in [0.1, 0.15) is 23.2 Å². The van der Waals surface area contributed by atoms with Crippen LogP contribution in [0, 0.1) is 5.92 Å². The maximum Gasteiger partial charge on any atom is 0.387 e. The van der Waals surface area contributed by atoms with Gasteiger partial charge in [0.15, 0.2) is 0 Å². The van der Waals surface area contributed by atoms with Crippen LogP contribution in [0.15, 0.2) is 24.3 Å². The van der Waals surface area contributed by atoms with Crippen molar-refractivity contribution in [3.63, 3.8) is 0 Å². The first-order valence-corrected chi connectivity index (χ1v) is 10.4. The molecule has 1 unspecified atom stereocenters. The first-order valence-electron chi connectivity index (χ1n) is 8.92. The quantitative estimate of drug-likeness (QED) is 0.772. The molecular formula is C18H22F2N2O4S. The number of rotatable bonds is 4. The Morgan fingerprint density at radius 2 is 1.81 bits per heavy atom. The Morgan fingerprint density at radius 3 is 2.52 bits per heavy atom. The number of alkyl halides is 2. The molecule has 2 fully saturated rings. The highest BCUT2D eigenvalue weighted by atomic mass is 32.2. The van der Waals surface area contributed by atoms with Crippen LogP contribution in [0.2, 0.25) is 0 Å².